The summed E-state index contributed by atoms with van der Waals surface area (Å²) in [7, 11) is 0. The summed E-state index contributed by atoms with van der Waals surface area (Å²) in [4.78, 5) is 13.3. The lowest BCUT2D eigenvalue weighted by Gasteiger charge is -2.22. The number of anilines is 1. The maximum Gasteiger partial charge on any atom is 0.126 e. The van der Waals surface area contributed by atoms with Gasteiger partial charge in [0.2, 0.25) is 0 Å². The summed E-state index contributed by atoms with van der Waals surface area (Å²) in [5.74, 6) is 1.46. The first kappa shape index (κ1) is 21.2. The Hall–Kier alpha value is -2.50. The molecule has 0 bridgehead atoms. The van der Waals surface area contributed by atoms with Gasteiger partial charge in [-0.1, -0.05) is 25.1 Å². The van der Waals surface area contributed by atoms with Crippen molar-refractivity contribution < 1.29 is 0 Å². The Bertz CT molecular complexity index is 910. The third-order valence-corrected chi connectivity index (χ3v) is 5.36. The van der Waals surface area contributed by atoms with Crippen molar-refractivity contribution in [3.05, 3.63) is 71.3 Å². The fraction of sp³-hybridized carbons (Fsp3) is 0.348. The Kier molecular flexibility index (Phi) is 7.55. The van der Waals surface area contributed by atoms with Crippen LogP contribution in [0.5, 0.6) is 0 Å². The second kappa shape index (κ2) is 10.3. The van der Waals surface area contributed by atoms with Gasteiger partial charge in [0.1, 0.15) is 5.82 Å². The van der Waals surface area contributed by atoms with Gasteiger partial charge in [0.15, 0.2) is 0 Å². The highest BCUT2D eigenvalue weighted by molar-refractivity contribution is 6.33. The predicted octanol–water partition coefficient (Wildman–Crippen LogP) is 4.98. The molecule has 0 saturated carbocycles. The van der Waals surface area contributed by atoms with Gasteiger partial charge in [-0.3, -0.25) is 9.97 Å². The van der Waals surface area contributed by atoms with Crippen LogP contribution in [0.4, 0.5) is 5.82 Å². The maximum absolute atomic E-state index is 6.46. The van der Waals surface area contributed by atoms with E-state index in [1.165, 1.54) is 12.8 Å². The van der Waals surface area contributed by atoms with E-state index in [1.54, 1.807) is 18.6 Å². The summed E-state index contributed by atoms with van der Waals surface area (Å²) in [5.41, 5.74) is 4.02. The first-order valence-corrected chi connectivity index (χ1v) is 10.1. The lowest BCUT2D eigenvalue weighted by Crippen LogP contribution is -2.31. The van der Waals surface area contributed by atoms with E-state index in [0.717, 1.165) is 47.8 Å². The summed E-state index contributed by atoms with van der Waals surface area (Å²) >= 11 is 6.46. The van der Waals surface area contributed by atoms with Crippen molar-refractivity contribution in [1.29, 1.82) is 0 Å². The third kappa shape index (κ3) is 5.75. The summed E-state index contributed by atoms with van der Waals surface area (Å²) in [6.07, 6.45) is 8.79. The molecule has 4 heterocycles. The minimum Gasteiger partial charge on any atom is -0.366 e. The fourth-order valence-corrected chi connectivity index (χ4v) is 3.76. The van der Waals surface area contributed by atoms with Crippen LogP contribution in [0.15, 0.2) is 55.0 Å². The molecule has 1 saturated heterocycles. The van der Waals surface area contributed by atoms with Crippen molar-refractivity contribution >= 4 is 17.4 Å². The van der Waals surface area contributed by atoms with Gasteiger partial charge in [-0.15, -0.1) is 0 Å². The fourth-order valence-electron chi connectivity index (χ4n) is 3.56. The van der Waals surface area contributed by atoms with Crippen LogP contribution in [-0.2, 0) is 13.0 Å². The van der Waals surface area contributed by atoms with Gasteiger partial charge in [-0.25, -0.2) is 4.98 Å². The van der Waals surface area contributed by atoms with Gasteiger partial charge in [0.05, 0.1) is 10.7 Å². The van der Waals surface area contributed by atoms with Crippen LogP contribution in [-0.4, -0.2) is 28.0 Å². The molecule has 152 valence electrons. The number of rotatable bonds is 6. The highest BCUT2D eigenvalue weighted by atomic mass is 35.5. The van der Waals surface area contributed by atoms with E-state index >= 15 is 0 Å². The first-order chi connectivity index (χ1) is 13.8. The van der Waals surface area contributed by atoms with Crippen molar-refractivity contribution in [2.75, 3.05) is 18.4 Å². The van der Waals surface area contributed by atoms with Gasteiger partial charge >= 0.3 is 0 Å². The molecule has 1 aliphatic heterocycles. The van der Waals surface area contributed by atoms with Gasteiger partial charge in [-0.05, 0) is 74.2 Å². The molecule has 0 unspecified atom stereocenters. The lowest BCUT2D eigenvalue weighted by atomic mass is 9.94. The lowest BCUT2D eigenvalue weighted by molar-refractivity contribution is 0.373. The zero-order valence-corrected chi connectivity index (χ0v) is 16.5. The Morgan fingerprint density at radius 1 is 1.17 bits per heavy atom. The van der Waals surface area contributed by atoms with E-state index in [4.69, 9.17) is 16.6 Å². The Labute approximate surface area is 178 Å². The Morgan fingerprint density at radius 2 is 2.03 bits per heavy atom. The van der Waals surface area contributed by atoms with E-state index in [1.807, 2.05) is 30.3 Å². The number of nitrogens with zero attached hydrogens (tertiary/aromatic N) is 3. The van der Waals surface area contributed by atoms with Gasteiger partial charge < -0.3 is 10.6 Å². The number of aromatic nitrogens is 3. The van der Waals surface area contributed by atoms with E-state index in [9.17, 15) is 0 Å². The van der Waals surface area contributed by atoms with Gasteiger partial charge in [0.25, 0.3) is 0 Å². The highest BCUT2D eigenvalue weighted by Gasteiger charge is 2.16. The summed E-state index contributed by atoms with van der Waals surface area (Å²) in [6.45, 7) is 2.88. The van der Waals surface area contributed by atoms with Crippen LogP contribution in [0.2, 0.25) is 5.02 Å². The normalized spacial score (nSPS) is 16.1. The molecule has 5 nitrogen and oxygen atoms in total. The SMILES string of the molecule is C.Clc1cnc(C[C@H]2CCCNC2)cc1-c1cccc(NCc2ccncc2)n1. The van der Waals surface area contributed by atoms with Crippen molar-refractivity contribution in [3.63, 3.8) is 0 Å². The van der Waals surface area contributed by atoms with E-state index in [-0.39, 0.29) is 7.43 Å². The minimum absolute atomic E-state index is 0. The van der Waals surface area contributed by atoms with Crippen LogP contribution in [0.25, 0.3) is 11.3 Å². The van der Waals surface area contributed by atoms with Crippen molar-refractivity contribution in [2.24, 2.45) is 5.92 Å². The number of halogens is 1. The van der Waals surface area contributed by atoms with Crippen LogP contribution < -0.4 is 10.6 Å². The second-order valence-electron chi connectivity index (χ2n) is 7.19. The standard InChI is InChI=1S/C22H24ClN5.CH4/c23-20-15-26-18(11-17-3-2-8-25-13-17)12-19(20)21-4-1-5-22(28-21)27-14-16-6-9-24-10-7-16;/h1,4-7,9-10,12,15,17,25H,2-3,8,11,13-14H2,(H,27,28);1H4/t17-;/m1./s1. The number of piperidine rings is 1. The molecule has 1 atom stereocenters. The molecular formula is C23H28ClN5. The van der Waals surface area contributed by atoms with Crippen LogP contribution in [0, 0.1) is 5.92 Å². The molecule has 6 heteroatoms. The maximum atomic E-state index is 6.46. The van der Waals surface area contributed by atoms with Gasteiger partial charge in [0, 0.05) is 36.4 Å². The van der Waals surface area contributed by atoms with Crippen LogP contribution >= 0.6 is 11.6 Å². The molecule has 1 aliphatic rings. The Balaban J connectivity index is 0.00000240. The molecule has 0 radical (unpaired) electrons. The minimum atomic E-state index is 0. The molecule has 2 N–H and O–H groups in total. The smallest absolute Gasteiger partial charge is 0.126 e. The van der Waals surface area contributed by atoms with E-state index in [0.29, 0.717) is 17.5 Å². The third-order valence-electron chi connectivity index (χ3n) is 5.06. The molecule has 4 rings (SSSR count). The van der Waals surface area contributed by atoms with Crippen LogP contribution in [0.3, 0.4) is 0 Å². The Morgan fingerprint density at radius 3 is 2.83 bits per heavy atom. The molecule has 29 heavy (non-hydrogen) atoms. The summed E-state index contributed by atoms with van der Waals surface area (Å²) in [6, 6.07) is 12.0. The molecular weight excluding hydrogens is 382 g/mol. The zero-order valence-electron chi connectivity index (χ0n) is 15.7. The van der Waals surface area contributed by atoms with E-state index < -0.39 is 0 Å². The molecule has 0 spiro atoms. The number of hydrogen-bond acceptors (Lipinski definition) is 5. The van der Waals surface area contributed by atoms with Crippen molar-refractivity contribution in [2.45, 2.75) is 33.2 Å². The van der Waals surface area contributed by atoms with Gasteiger partial charge in [-0.2, -0.15) is 0 Å². The number of pyridine rings is 3. The molecule has 3 aromatic heterocycles. The number of hydrogen-bond donors (Lipinski definition) is 2. The molecule has 0 aliphatic carbocycles. The molecule has 1 fully saturated rings. The predicted molar refractivity (Wildman–Crippen MR) is 120 cm³/mol. The quantitative estimate of drug-likeness (QED) is 0.601. The average molecular weight is 410 g/mol. The molecule has 3 aromatic rings. The topological polar surface area (TPSA) is 62.7 Å². The largest absolute Gasteiger partial charge is 0.366 e. The summed E-state index contributed by atoms with van der Waals surface area (Å²) in [5, 5.41) is 7.46. The second-order valence-corrected chi connectivity index (χ2v) is 7.60. The summed E-state index contributed by atoms with van der Waals surface area (Å²) < 4.78 is 0. The van der Waals surface area contributed by atoms with E-state index in [2.05, 4.69) is 26.7 Å². The van der Waals surface area contributed by atoms with Crippen LogP contribution in [0.1, 0.15) is 31.5 Å². The van der Waals surface area contributed by atoms with Crippen molar-refractivity contribution in [3.8, 4) is 11.3 Å². The van der Waals surface area contributed by atoms with Crippen molar-refractivity contribution in [1.82, 2.24) is 20.3 Å². The first-order valence-electron chi connectivity index (χ1n) is 9.73. The average Bonchev–Trinajstić information content (AvgIpc) is 2.75. The highest BCUT2D eigenvalue weighted by Crippen LogP contribution is 2.28. The number of nitrogens with one attached hydrogen (secondary N) is 2. The molecule has 0 aromatic carbocycles. The monoisotopic (exact) mass is 409 g/mol. The molecule has 0 amide bonds. The zero-order chi connectivity index (χ0) is 19.2.